The molecule has 142 valence electrons. The Morgan fingerprint density at radius 1 is 1.00 bits per heavy atom. The Morgan fingerprint density at radius 2 is 1.76 bits per heavy atom. The van der Waals surface area contributed by atoms with Crippen molar-refractivity contribution in [3.8, 4) is 0 Å². The predicted molar refractivity (Wildman–Crippen MR) is 97.9 cm³/mol. The van der Waals surface area contributed by atoms with Crippen molar-refractivity contribution < 1.29 is 15.0 Å². The fourth-order valence-electron chi connectivity index (χ4n) is 7.92. The van der Waals surface area contributed by atoms with Crippen molar-refractivity contribution in [3.63, 3.8) is 0 Å². The molecule has 0 aliphatic heterocycles. The number of ketones is 1. The first kappa shape index (κ1) is 18.0. The molecule has 4 unspecified atom stereocenters. The number of carbonyl (C=O) groups is 1. The number of fused-ring (bicyclic) bond motifs is 5. The molecule has 0 aromatic carbocycles. The van der Waals surface area contributed by atoms with Gasteiger partial charge in [0.05, 0.1) is 5.60 Å². The van der Waals surface area contributed by atoms with E-state index in [4.69, 9.17) is 0 Å². The zero-order valence-corrected chi connectivity index (χ0v) is 16.0. The van der Waals surface area contributed by atoms with Gasteiger partial charge in [-0.3, -0.25) is 4.79 Å². The molecule has 3 heteroatoms. The molecule has 4 rings (SSSR count). The Kier molecular flexibility index (Phi) is 4.56. The number of carbonyl (C=O) groups excluding carboxylic acids is 1. The van der Waals surface area contributed by atoms with Gasteiger partial charge in [-0.05, 0) is 99.2 Å². The number of rotatable bonds is 3. The normalized spacial score (nSPS) is 52.2. The minimum atomic E-state index is -0.400. The van der Waals surface area contributed by atoms with Gasteiger partial charge in [0.15, 0.2) is 5.78 Å². The fraction of sp³-hybridized carbons (Fsp3) is 0.955. The van der Waals surface area contributed by atoms with Crippen LogP contribution in [0.2, 0.25) is 0 Å². The Balaban J connectivity index is 1.52. The van der Waals surface area contributed by atoms with Crippen LogP contribution in [0.4, 0.5) is 0 Å². The van der Waals surface area contributed by atoms with Crippen LogP contribution in [0.1, 0.15) is 78.1 Å². The molecule has 0 aromatic heterocycles. The summed E-state index contributed by atoms with van der Waals surface area (Å²) < 4.78 is 0. The average Bonchev–Trinajstić information content (AvgIpc) is 2.98. The van der Waals surface area contributed by atoms with Gasteiger partial charge in [0.1, 0.15) is 6.61 Å². The van der Waals surface area contributed by atoms with Gasteiger partial charge in [-0.1, -0.05) is 13.8 Å². The van der Waals surface area contributed by atoms with Gasteiger partial charge < -0.3 is 10.2 Å². The van der Waals surface area contributed by atoms with Gasteiger partial charge in [-0.25, -0.2) is 0 Å². The molecule has 3 nitrogen and oxygen atoms in total. The summed E-state index contributed by atoms with van der Waals surface area (Å²) in [5.74, 6) is 3.99. The number of Topliss-reactive ketones (excluding diaryl/α,β-unsaturated/α-hetero) is 1. The maximum atomic E-state index is 12.3. The first-order valence-electron chi connectivity index (χ1n) is 10.8. The molecular formula is C22H36O3. The van der Waals surface area contributed by atoms with E-state index < -0.39 is 5.60 Å². The summed E-state index contributed by atoms with van der Waals surface area (Å²) in [6.07, 6.45) is 11.3. The van der Waals surface area contributed by atoms with Crippen molar-refractivity contribution in [2.75, 3.05) is 6.61 Å². The van der Waals surface area contributed by atoms with Crippen LogP contribution in [-0.2, 0) is 4.79 Å². The zero-order valence-electron chi connectivity index (χ0n) is 16.0. The van der Waals surface area contributed by atoms with Crippen LogP contribution in [0.3, 0.4) is 0 Å². The van der Waals surface area contributed by atoms with E-state index in [1.165, 1.54) is 32.1 Å². The summed E-state index contributed by atoms with van der Waals surface area (Å²) in [6.45, 7) is 4.21. The van der Waals surface area contributed by atoms with Crippen molar-refractivity contribution in [2.45, 2.75) is 83.7 Å². The van der Waals surface area contributed by atoms with Crippen molar-refractivity contribution in [2.24, 2.45) is 40.9 Å². The van der Waals surface area contributed by atoms with Crippen LogP contribution in [0, 0.1) is 40.9 Å². The van der Waals surface area contributed by atoms with Crippen LogP contribution in [0.5, 0.6) is 0 Å². The lowest BCUT2D eigenvalue weighted by atomic mass is 9.48. The summed E-state index contributed by atoms with van der Waals surface area (Å²) in [6, 6.07) is 0. The molecule has 0 radical (unpaired) electrons. The number of hydrogen-bond donors (Lipinski definition) is 2. The largest absolute Gasteiger partial charge is 0.390 e. The Hall–Kier alpha value is -0.410. The highest BCUT2D eigenvalue weighted by Gasteiger charge is 2.58. The zero-order chi connectivity index (χ0) is 17.8. The third-order valence-corrected chi connectivity index (χ3v) is 9.31. The molecule has 0 amide bonds. The van der Waals surface area contributed by atoms with Gasteiger partial charge >= 0.3 is 0 Å². The summed E-state index contributed by atoms with van der Waals surface area (Å²) in [4.78, 5) is 12.3. The lowest BCUT2D eigenvalue weighted by Gasteiger charge is -2.57. The van der Waals surface area contributed by atoms with E-state index in [1.54, 1.807) is 0 Å². The summed E-state index contributed by atoms with van der Waals surface area (Å²) >= 11 is 0. The van der Waals surface area contributed by atoms with Crippen LogP contribution in [0.25, 0.3) is 0 Å². The molecule has 0 bridgehead atoms. The highest BCUT2D eigenvalue weighted by molar-refractivity contribution is 5.83. The first-order chi connectivity index (χ1) is 11.9. The number of aliphatic hydroxyl groups is 2. The number of hydrogen-bond acceptors (Lipinski definition) is 3. The number of aliphatic hydroxyl groups excluding tert-OH is 1. The lowest BCUT2D eigenvalue weighted by molar-refractivity contribution is -0.135. The second-order valence-corrected chi connectivity index (χ2v) is 10.1. The first-order valence-corrected chi connectivity index (χ1v) is 10.8. The second-order valence-electron chi connectivity index (χ2n) is 10.1. The van der Waals surface area contributed by atoms with Gasteiger partial charge in [-0.2, -0.15) is 0 Å². The Bertz CT molecular complexity index is 531. The topological polar surface area (TPSA) is 57.5 Å². The Morgan fingerprint density at radius 3 is 2.48 bits per heavy atom. The van der Waals surface area contributed by atoms with Crippen molar-refractivity contribution in [3.05, 3.63) is 0 Å². The fourth-order valence-corrected chi connectivity index (χ4v) is 7.92. The van der Waals surface area contributed by atoms with Crippen LogP contribution < -0.4 is 0 Å². The lowest BCUT2D eigenvalue weighted by Crippen LogP contribution is -2.51. The predicted octanol–water partition coefficient (Wildman–Crippen LogP) is 3.96. The smallest absolute Gasteiger partial charge is 0.161 e. The summed E-state index contributed by atoms with van der Waals surface area (Å²) in [5.41, 5.74) is -0.268. The average molecular weight is 349 g/mol. The van der Waals surface area contributed by atoms with E-state index in [1.807, 2.05) is 0 Å². The molecular weight excluding hydrogens is 312 g/mol. The third-order valence-electron chi connectivity index (χ3n) is 9.31. The standard InChI is InChI=1S/C22H36O3/c1-3-22(25)11-9-15-14(12-22)4-5-17-16(15)8-10-21(2)18(17)6-7-19(21)20(24)13-23/h14-19,23,25H,3-13H2,1-2H3/t14-,15?,16?,17?,18?,19-,21+,22-/m1/s1. The maximum Gasteiger partial charge on any atom is 0.161 e. The molecule has 25 heavy (non-hydrogen) atoms. The van der Waals surface area contributed by atoms with E-state index >= 15 is 0 Å². The third kappa shape index (κ3) is 2.72. The minimum Gasteiger partial charge on any atom is -0.390 e. The quantitative estimate of drug-likeness (QED) is 0.812. The van der Waals surface area contributed by atoms with E-state index in [0.717, 1.165) is 55.8 Å². The molecule has 0 heterocycles. The van der Waals surface area contributed by atoms with E-state index in [2.05, 4.69) is 13.8 Å². The molecule has 4 fully saturated rings. The molecule has 4 aliphatic rings. The molecule has 0 saturated heterocycles. The van der Waals surface area contributed by atoms with Gasteiger partial charge in [0.2, 0.25) is 0 Å². The molecule has 8 atom stereocenters. The van der Waals surface area contributed by atoms with E-state index in [0.29, 0.717) is 5.92 Å². The van der Waals surface area contributed by atoms with Gasteiger partial charge in [-0.15, -0.1) is 0 Å². The van der Waals surface area contributed by atoms with Crippen molar-refractivity contribution in [1.82, 2.24) is 0 Å². The van der Waals surface area contributed by atoms with Gasteiger partial charge in [0, 0.05) is 5.92 Å². The summed E-state index contributed by atoms with van der Waals surface area (Å²) in [7, 11) is 0. The van der Waals surface area contributed by atoms with Crippen LogP contribution >= 0.6 is 0 Å². The summed E-state index contributed by atoms with van der Waals surface area (Å²) in [5, 5.41) is 20.2. The molecule has 0 spiro atoms. The van der Waals surface area contributed by atoms with Gasteiger partial charge in [0.25, 0.3) is 0 Å². The maximum absolute atomic E-state index is 12.3. The molecule has 4 aliphatic carbocycles. The van der Waals surface area contributed by atoms with Crippen LogP contribution in [0.15, 0.2) is 0 Å². The highest BCUT2D eigenvalue weighted by Crippen LogP contribution is 2.64. The Labute approximate surface area is 152 Å². The van der Waals surface area contributed by atoms with E-state index in [9.17, 15) is 15.0 Å². The minimum absolute atomic E-state index is 0.0859. The monoisotopic (exact) mass is 348 g/mol. The van der Waals surface area contributed by atoms with Crippen LogP contribution in [-0.4, -0.2) is 28.2 Å². The molecule has 2 N–H and O–H groups in total. The molecule has 4 saturated carbocycles. The molecule has 0 aromatic rings. The second kappa shape index (κ2) is 6.34. The van der Waals surface area contributed by atoms with E-state index in [-0.39, 0.29) is 23.7 Å². The SMILES string of the molecule is CC[C@@]1(O)CCC2C3CC[C@@]4(C)C(CC[C@@H]4C(=O)CO)C3CC[C@@H]2C1. The van der Waals surface area contributed by atoms with Crippen molar-refractivity contribution >= 4 is 5.78 Å². The van der Waals surface area contributed by atoms with Crippen molar-refractivity contribution in [1.29, 1.82) is 0 Å². The highest BCUT2D eigenvalue weighted by atomic mass is 16.3.